The maximum absolute atomic E-state index is 12.5. The van der Waals surface area contributed by atoms with Gasteiger partial charge in [0.25, 0.3) is 5.91 Å². The second-order valence-corrected chi connectivity index (χ2v) is 6.14. The molecular weight excluding hydrogens is 286 g/mol. The van der Waals surface area contributed by atoms with Crippen LogP contribution in [0.4, 0.5) is 0 Å². The highest BCUT2D eigenvalue weighted by Gasteiger charge is 2.17. The Bertz CT molecular complexity index is 843. The standard InChI is InChI=1S/C20H21NO2/c1-12-9-14(3)17(10-13(12)2)15(4)21-20(22)19-11-16-7-5-6-8-18(16)23-19/h5-11,15H,1-4H3,(H,21,22)/t15-/m1/s1. The van der Waals surface area contributed by atoms with Crippen LogP contribution >= 0.6 is 0 Å². The molecule has 118 valence electrons. The minimum Gasteiger partial charge on any atom is -0.451 e. The van der Waals surface area contributed by atoms with Crippen molar-refractivity contribution in [2.75, 3.05) is 0 Å². The molecule has 3 heteroatoms. The Balaban J connectivity index is 1.83. The molecule has 3 aromatic rings. The lowest BCUT2D eigenvalue weighted by Crippen LogP contribution is -2.26. The zero-order valence-electron chi connectivity index (χ0n) is 13.9. The third-order valence-corrected chi connectivity index (χ3v) is 4.35. The van der Waals surface area contributed by atoms with Gasteiger partial charge in [-0.25, -0.2) is 0 Å². The van der Waals surface area contributed by atoms with E-state index >= 15 is 0 Å². The van der Waals surface area contributed by atoms with Crippen molar-refractivity contribution < 1.29 is 9.21 Å². The molecule has 0 bridgehead atoms. The normalized spacial score (nSPS) is 12.3. The van der Waals surface area contributed by atoms with Gasteiger partial charge >= 0.3 is 0 Å². The third kappa shape index (κ3) is 3.00. The van der Waals surface area contributed by atoms with E-state index in [1.807, 2.05) is 31.2 Å². The quantitative estimate of drug-likeness (QED) is 0.751. The van der Waals surface area contributed by atoms with Crippen molar-refractivity contribution in [2.45, 2.75) is 33.7 Å². The summed E-state index contributed by atoms with van der Waals surface area (Å²) < 4.78 is 5.63. The summed E-state index contributed by atoms with van der Waals surface area (Å²) in [6, 6.07) is 13.6. The first-order chi connectivity index (χ1) is 11.0. The summed E-state index contributed by atoms with van der Waals surface area (Å²) in [7, 11) is 0. The van der Waals surface area contributed by atoms with E-state index in [1.54, 1.807) is 6.07 Å². The van der Waals surface area contributed by atoms with E-state index in [0.717, 1.165) is 16.5 Å². The van der Waals surface area contributed by atoms with Crippen molar-refractivity contribution in [3.8, 4) is 0 Å². The summed E-state index contributed by atoms with van der Waals surface area (Å²) in [6.45, 7) is 8.26. The van der Waals surface area contributed by atoms with Gasteiger partial charge < -0.3 is 9.73 Å². The van der Waals surface area contributed by atoms with Crippen LogP contribution < -0.4 is 5.32 Å². The van der Waals surface area contributed by atoms with E-state index in [0.29, 0.717) is 5.76 Å². The predicted molar refractivity (Wildman–Crippen MR) is 92.7 cm³/mol. The third-order valence-electron chi connectivity index (χ3n) is 4.35. The highest BCUT2D eigenvalue weighted by Crippen LogP contribution is 2.23. The summed E-state index contributed by atoms with van der Waals surface area (Å²) in [5, 5.41) is 3.97. The second kappa shape index (κ2) is 5.92. The van der Waals surface area contributed by atoms with E-state index in [2.05, 4.69) is 38.2 Å². The topological polar surface area (TPSA) is 42.2 Å². The number of rotatable bonds is 3. The number of furan rings is 1. The Labute approximate surface area is 136 Å². The molecule has 0 saturated heterocycles. The number of para-hydroxylation sites is 1. The molecule has 1 heterocycles. The van der Waals surface area contributed by atoms with Crippen molar-refractivity contribution in [1.82, 2.24) is 5.32 Å². The monoisotopic (exact) mass is 307 g/mol. The zero-order valence-corrected chi connectivity index (χ0v) is 13.9. The molecular formula is C20H21NO2. The molecule has 3 nitrogen and oxygen atoms in total. The summed E-state index contributed by atoms with van der Waals surface area (Å²) >= 11 is 0. The molecule has 0 aliphatic carbocycles. The van der Waals surface area contributed by atoms with Crippen LogP contribution in [0.2, 0.25) is 0 Å². The molecule has 0 fully saturated rings. The molecule has 0 aliphatic rings. The number of hydrogen-bond donors (Lipinski definition) is 1. The van der Waals surface area contributed by atoms with E-state index in [-0.39, 0.29) is 11.9 Å². The van der Waals surface area contributed by atoms with Crippen LogP contribution in [0, 0.1) is 20.8 Å². The first kappa shape index (κ1) is 15.3. The molecule has 0 unspecified atom stereocenters. The van der Waals surface area contributed by atoms with Crippen LogP contribution in [-0.2, 0) is 0 Å². The minimum atomic E-state index is -0.189. The van der Waals surface area contributed by atoms with Gasteiger partial charge in [0.1, 0.15) is 5.58 Å². The maximum Gasteiger partial charge on any atom is 0.287 e. The number of fused-ring (bicyclic) bond motifs is 1. The Kier molecular flexibility index (Phi) is 3.95. The van der Waals surface area contributed by atoms with Gasteiger partial charge in [0, 0.05) is 5.39 Å². The zero-order chi connectivity index (χ0) is 16.6. The number of amides is 1. The van der Waals surface area contributed by atoms with E-state index in [4.69, 9.17) is 4.42 Å². The second-order valence-electron chi connectivity index (χ2n) is 6.14. The first-order valence-electron chi connectivity index (χ1n) is 7.83. The fourth-order valence-electron chi connectivity index (χ4n) is 2.89. The molecule has 0 saturated carbocycles. The van der Waals surface area contributed by atoms with Gasteiger partial charge in [-0.05, 0) is 62.1 Å². The summed E-state index contributed by atoms with van der Waals surface area (Å²) in [6.07, 6.45) is 0. The molecule has 1 amide bonds. The molecule has 0 aliphatic heterocycles. The number of nitrogens with one attached hydrogen (secondary N) is 1. The van der Waals surface area contributed by atoms with Gasteiger partial charge in [-0.15, -0.1) is 0 Å². The molecule has 1 aromatic heterocycles. The van der Waals surface area contributed by atoms with Gasteiger partial charge in [0.2, 0.25) is 0 Å². The van der Waals surface area contributed by atoms with E-state index in [1.165, 1.54) is 16.7 Å². The number of benzene rings is 2. The van der Waals surface area contributed by atoms with Gasteiger partial charge in [-0.3, -0.25) is 4.79 Å². The van der Waals surface area contributed by atoms with E-state index in [9.17, 15) is 4.79 Å². The predicted octanol–water partition coefficient (Wildman–Crippen LogP) is 4.85. The average Bonchev–Trinajstić information content (AvgIpc) is 2.95. The molecule has 23 heavy (non-hydrogen) atoms. The van der Waals surface area contributed by atoms with E-state index < -0.39 is 0 Å². The average molecular weight is 307 g/mol. The summed E-state index contributed by atoms with van der Waals surface area (Å²) in [5.41, 5.74) is 5.55. The van der Waals surface area contributed by atoms with Crippen LogP contribution in [0.25, 0.3) is 11.0 Å². The van der Waals surface area contributed by atoms with Crippen molar-refractivity contribution in [2.24, 2.45) is 0 Å². The SMILES string of the molecule is Cc1cc(C)c([C@@H](C)NC(=O)c2cc3ccccc3o2)cc1C. The van der Waals surface area contributed by atoms with Gasteiger partial charge in [0.05, 0.1) is 6.04 Å². The van der Waals surface area contributed by atoms with Crippen molar-refractivity contribution in [1.29, 1.82) is 0 Å². The summed E-state index contributed by atoms with van der Waals surface area (Å²) in [4.78, 5) is 12.5. The molecule has 0 radical (unpaired) electrons. The number of carbonyl (C=O) groups is 1. The molecule has 1 atom stereocenters. The van der Waals surface area contributed by atoms with Crippen molar-refractivity contribution >= 4 is 16.9 Å². The lowest BCUT2D eigenvalue weighted by molar-refractivity contribution is 0.0914. The Morgan fingerprint density at radius 1 is 1.00 bits per heavy atom. The number of aryl methyl sites for hydroxylation is 3. The molecule has 3 rings (SSSR count). The maximum atomic E-state index is 12.5. The highest BCUT2D eigenvalue weighted by molar-refractivity contribution is 5.96. The minimum absolute atomic E-state index is 0.0741. The Hall–Kier alpha value is -2.55. The molecule has 2 aromatic carbocycles. The van der Waals surface area contributed by atoms with Crippen LogP contribution in [-0.4, -0.2) is 5.91 Å². The Morgan fingerprint density at radius 2 is 1.70 bits per heavy atom. The van der Waals surface area contributed by atoms with Gasteiger partial charge in [0.15, 0.2) is 5.76 Å². The van der Waals surface area contributed by atoms with Crippen molar-refractivity contribution in [3.05, 3.63) is 70.5 Å². The first-order valence-corrected chi connectivity index (χ1v) is 7.83. The van der Waals surface area contributed by atoms with Gasteiger partial charge in [-0.2, -0.15) is 0 Å². The van der Waals surface area contributed by atoms with Crippen LogP contribution in [0.15, 0.2) is 46.9 Å². The van der Waals surface area contributed by atoms with Gasteiger partial charge in [-0.1, -0.05) is 30.3 Å². The summed E-state index contributed by atoms with van der Waals surface area (Å²) in [5.74, 6) is 0.158. The number of hydrogen-bond acceptors (Lipinski definition) is 2. The molecule has 1 N–H and O–H groups in total. The fraction of sp³-hybridized carbons (Fsp3) is 0.250. The lowest BCUT2D eigenvalue weighted by atomic mass is 9.96. The number of carbonyl (C=O) groups excluding carboxylic acids is 1. The highest BCUT2D eigenvalue weighted by atomic mass is 16.3. The van der Waals surface area contributed by atoms with Crippen LogP contribution in [0.5, 0.6) is 0 Å². The smallest absolute Gasteiger partial charge is 0.287 e. The van der Waals surface area contributed by atoms with Crippen LogP contribution in [0.1, 0.15) is 45.8 Å². The lowest BCUT2D eigenvalue weighted by Gasteiger charge is -2.17. The van der Waals surface area contributed by atoms with Crippen molar-refractivity contribution in [3.63, 3.8) is 0 Å². The fourth-order valence-corrected chi connectivity index (χ4v) is 2.89. The Morgan fingerprint density at radius 3 is 2.43 bits per heavy atom. The van der Waals surface area contributed by atoms with Crippen LogP contribution in [0.3, 0.4) is 0 Å². The largest absolute Gasteiger partial charge is 0.451 e. The molecule has 0 spiro atoms.